The second kappa shape index (κ2) is 5.42. The maximum atomic E-state index is 11.8. The van der Waals surface area contributed by atoms with E-state index in [9.17, 15) is 9.59 Å². The first kappa shape index (κ1) is 13.6. The summed E-state index contributed by atoms with van der Waals surface area (Å²) < 4.78 is 6.83. The van der Waals surface area contributed by atoms with Gasteiger partial charge < -0.3 is 14.2 Å². The van der Waals surface area contributed by atoms with Crippen molar-refractivity contribution in [2.45, 2.75) is 45.8 Å². The Kier molecular flexibility index (Phi) is 3.87. The van der Waals surface area contributed by atoms with Crippen LogP contribution in [0.4, 0.5) is 0 Å². The zero-order valence-electron chi connectivity index (χ0n) is 11.5. The van der Waals surface area contributed by atoms with Gasteiger partial charge in [0.1, 0.15) is 6.04 Å². The SMILES string of the molecule is CCCn1cnc2c1CN(C(C)=O)[C@H](C(=O)OC)C2. The number of nitrogens with zero attached hydrogens (tertiary/aromatic N) is 3. The standard InChI is InChI=1S/C13H19N3O3/c1-4-5-15-8-14-10-6-11(13(18)19-3)16(9(2)17)7-12(10)15/h8,11H,4-7H2,1-3H3/t11-/m0/s1. The highest BCUT2D eigenvalue weighted by atomic mass is 16.5. The van der Waals surface area contributed by atoms with Crippen LogP contribution in [0.25, 0.3) is 0 Å². The maximum absolute atomic E-state index is 11.8. The number of carbonyl (C=O) groups excluding carboxylic acids is 2. The molecule has 0 saturated heterocycles. The van der Waals surface area contributed by atoms with E-state index in [1.165, 1.54) is 14.0 Å². The molecular weight excluding hydrogens is 246 g/mol. The van der Waals surface area contributed by atoms with Crippen LogP contribution in [-0.2, 0) is 33.8 Å². The van der Waals surface area contributed by atoms with E-state index in [0.717, 1.165) is 24.4 Å². The Morgan fingerprint density at radius 2 is 2.26 bits per heavy atom. The van der Waals surface area contributed by atoms with Crippen molar-refractivity contribution in [3.63, 3.8) is 0 Å². The minimum absolute atomic E-state index is 0.120. The van der Waals surface area contributed by atoms with Crippen molar-refractivity contribution in [2.75, 3.05) is 7.11 Å². The average Bonchev–Trinajstić information content (AvgIpc) is 2.79. The number of ether oxygens (including phenoxy) is 1. The van der Waals surface area contributed by atoms with Crippen molar-refractivity contribution in [1.82, 2.24) is 14.5 Å². The summed E-state index contributed by atoms with van der Waals surface area (Å²) in [5.41, 5.74) is 1.92. The molecule has 6 heteroatoms. The molecule has 1 atom stereocenters. The lowest BCUT2D eigenvalue weighted by Gasteiger charge is -2.33. The lowest BCUT2D eigenvalue weighted by molar-refractivity contribution is -0.153. The number of hydrogen-bond donors (Lipinski definition) is 0. The highest BCUT2D eigenvalue weighted by Crippen LogP contribution is 2.23. The van der Waals surface area contributed by atoms with Gasteiger partial charge >= 0.3 is 5.97 Å². The van der Waals surface area contributed by atoms with Gasteiger partial charge in [0.15, 0.2) is 0 Å². The fourth-order valence-corrected chi connectivity index (χ4v) is 2.48. The molecule has 0 saturated carbocycles. The predicted molar refractivity (Wildman–Crippen MR) is 68.3 cm³/mol. The molecule has 0 radical (unpaired) electrons. The summed E-state index contributed by atoms with van der Waals surface area (Å²) in [5, 5.41) is 0. The lowest BCUT2D eigenvalue weighted by atomic mass is 10.0. The molecule has 1 aromatic heterocycles. The number of esters is 1. The number of rotatable bonds is 3. The Morgan fingerprint density at radius 1 is 1.53 bits per heavy atom. The molecule has 1 aliphatic rings. The largest absolute Gasteiger partial charge is 0.467 e. The van der Waals surface area contributed by atoms with E-state index in [4.69, 9.17) is 4.74 Å². The minimum atomic E-state index is -0.556. The van der Waals surface area contributed by atoms with E-state index in [1.54, 1.807) is 11.2 Å². The van der Waals surface area contributed by atoms with Gasteiger partial charge in [0.2, 0.25) is 5.91 Å². The Hall–Kier alpha value is -1.85. The van der Waals surface area contributed by atoms with Crippen LogP contribution in [-0.4, -0.2) is 39.5 Å². The van der Waals surface area contributed by atoms with Gasteiger partial charge in [-0.25, -0.2) is 9.78 Å². The summed E-state index contributed by atoms with van der Waals surface area (Å²) >= 11 is 0. The van der Waals surface area contributed by atoms with E-state index >= 15 is 0 Å². The van der Waals surface area contributed by atoms with E-state index < -0.39 is 6.04 Å². The van der Waals surface area contributed by atoms with Gasteiger partial charge in [-0.05, 0) is 6.42 Å². The van der Waals surface area contributed by atoms with Crippen LogP contribution < -0.4 is 0 Å². The Bertz CT molecular complexity index is 495. The average molecular weight is 265 g/mol. The van der Waals surface area contributed by atoms with E-state index in [2.05, 4.69) is 16.5 Å². The number of imidazole rings is 1. The molecule has 1 amide bonds. The molecule has 1 aromatic rings. The van der Waals surface area contributed by atoms with Crippen LogP contribution in [0.3, 0.4) is 0 Å². The molecule has 0 unspecified atom stereocenters. The molecule has 0 aromatic carbocycles. The third-order valence-electron chi connectivity index (χ3n) is 3.46. The van der Waals surface area contributed by atoms with Gasteiger partial charge in [-0.2, -0.15) is 0 Å². The monoisotopic (exact) mass is 265 g/mol. The molecule has 0 spiro atoms. The molecule has 0 aliphatic carbocycles. The Labute approximate surface area is 112 Å². The van der Waals surface area contributed by atoms with E-state index in [0.29, 0.717) is 13.0 Å². The van der Waals surface area contributed by atoms with Crippen LogP contribution in [0.1, 0.15) is 31.7 Å². The van der Waals surface area contributed by atoms with Crippen LogP contribution in [0, 0.1) is 0 Å². The number of fused-ring (bicyclic) bond motifs is 1. The van der Waals surface area contributed by atoms with Gasteiger partial charge in [-0.15, -0.1) is 0 Å². The smallest absolute Gasteiger partial charge is 0.329 e. The summed E-state index contributed by atoms with van der Waals surface area (Å²) in [6.07, 6.45) is 3.22. The summed E-state index contributed by atoms with van der Waals surface area (Å²) in [7, 11) is 1.34. The second-order valence-electron chi connectivity index (χ2n) is 4.72. The van der Waals surface area contributed by atoms with Crippen molar-refractivity contribution in [3.8, 4) is 0 Å². The van der Waals surface area contributed by atoms with Crippen molar-refractivity contribution >= 4 is 11.9 Å². The molecule has 1 aliphatic heterocycles. The van der Waals surface area contributed by atoms with Crippen LogP contribution in [0.5, 0.6) is 0 Å². The topological polar surface area (TPSA) is 64.4 Å². The van der Waals surface area contributed by atoms with Crippen molar-refractivity contribution in [3.05, 3.63) is 17.7 Å². The zero-order valence-corrected chi connectivity index (χ0v) is 11.5. The third kappa shape index (κ3) is 2.47. The van der Waals surface area contributed by atoms with Crippen LogP contribution in [0.15, 0.2) is 6.33 Å². The molecule has 2 heterocycles. The Balaban J connectivity index is 2.32. The van der Waals surface area contributed by atoms with E-state index in [1.807, 2.05) is 0 Å². The number of hydrogen-bond acceptors (Lipinski definition) is 4. The molecule has 0 N–H and O–H groups in total. The maximum Gasteiger partial charge on any atom is 0.329 e. The first-order valence-corrected chi connectivity index (χ1v) is 6.46. The number of carbonyl (C=O) groups is 2. The second-order valence-corrected chi connectivity index (χ2v) is 4.72. The molecular formula is C13H19N3O3. The van der Waals surface area contributed by atoms with Crippen molar-refractivity contribution < 1.29 is 14.3 Å². The summed E-state index contributed by atoms with van der Waals surface area (Å²) in [6.45, 7) is 4.86. The van der Waals surface area contributed by atoms with Crippen molar-refractivity contribution in [2.24, 2.45) is 0 Å². The molecule has 0 fully saturated rings. The van der Waals surface area contributed by atoms with E-state index in [-0.39, 0.29) is 11.9 Å². The third-order valence-corrected chi connectivity index (χ3v) is 3.46. The minimum Gasteiger partial charge on any atom is -0.467 e. The fourth-order valence-electron chi connectivity index (χ4n) is 2.48. The first-order chi connectivity index (χ1) is 9.08. The number of methoxy groups -OCH3 is 1. The fraction of sp³-hybridized carbons (Fsp3) is 0.615. The normalized spacial score (nSPS) is 18.1. The molecule has 104 valence electrons. The van der Waals surface area contributed by atoms with Crippen LogP contribution in [0.2, 0.25) is 0 Å². The van der Waals surface area contributed by atoms with Crippen LogP contribution >= 0.6 is 0 Å². The Morgan fingerprint density at radius 3 is 2.84 bits per heavy atom. The van der Waals surface area contributed by atoms with Crippen molar-refractivity contribution in [1.29, 1.82) is 0 Å². The van der Waals surface area contributed by atoms with Gasteiger partial charge in [0.05, 0.1) is 31.4 Å². The number of amides is 1. The summed E-state index contributed by atoms with van der Waals surface area (Å²) in [5.74, 6) is -0.504. The summed E-state index contributed by atoms with van der Waals surface area (Å²) in [6, 6.07) is -0.556. The van der Waals surface area contributed by atoms with Gasteiger partial charge in [-0.1, -0.05) is 6.92 Å². The van der Waals surface area contributed by atoms with Gasteiger partial charge in [0, 0.05) is 19.9 Å². The molecule has 6 nitrogen and oxygen atoms in total. The quantitative estimate of drug-likeness (QED) is 0.756. The first-order valence-electron chi connectivity index (χ1n) is 6.46. The molecule has 19 heavy (non-hydrogen) atoms. The highest BCUT2D eigenvalue weighted by molar-refractivity contribution is 5.84. The number of aromatic nitrogens is 2. The number of aryl methyl sites for hydroxylation is 1. The van der Waals surface area contributed by atoms with Gasteiger partial charge in [0.25, 0.3) is 0 Å². The predicted octanol–water partition coefficient (Wildman–Crippen LogP) is 0.739. The van der Waals surface area contributed by atoms with Gasteiger partial charge in [-0.3, -0.25) is 4.79 Å². The summed E-state index contributed by atoms with van der Waals surface area (Å²) in [4.78, 5) is 29.4. The zero-order chi connectivity index (χ0) is 14.0. The lowest BCUT2D eigenvalue weighted by Crippen LogP contribution is -2.48. The molecule has 2 rings (SSSR count). The highest BCUT2D eigenvalue weighted by Gasteiger charge is 2.36. The molecule has 0 bridgehead atoms.